The zero-order valence-electron chi connectivity index (χ0n) is 8.84. The summed E-state index contributed by atoms with van der Waals surface area (Å²) in [4.78, 5) is 2.50. The molecule has 0 radical (unpaired) electrons. The monoisotopic (exact) mass is 265 g/mol. The maximum Gasteiger partial charge on any atom is 0.431 e. The van der Waals surface area contributed by atoms with E-state index in [0.717, 1.165) is 0 Å². The minimum atomic E-state index is -5.12. The number of hydrogen-bond donors (Lipinski definition) is 1. The fourth-order valence-corrected chi connectivity index (χ4v) is 1.51. The molecule has 0 amide bonds. The highest BCUT2D eigenvalue weighted by atomic mass is 19.4. The van der Waals surface area contributed by atoms with Gasteiger partial charge in [0.15, 0.2) is 5.88 Å². The van der Waals surface area contributed by atoms with Gasteiger partial charge >= 0.3 is 6.18 Å². The largest absolute Gasteiger partial charge is 0.460 e. The Morgan fingerprint density at radius 3 is 2.33 bits per heavy atom. The lowest BCUT2D eigenvalue weighted by molar-refractivity contribution is -0.228. The maximum absolute atomic E-state index is 12.3. The number of aromatic amines is 1. The summed E-state index contributed by atoms with van der Waals surface area (Å²) in [6.07, 6.45) is -11.9. The molecule has 7 heteroatoms. The number of ether oxygens (including phenoxy) is 1. The van der Waals surface area contributed by atoms with Crippen molar-refractivity contribution in [3.8, 4) is 5.88 Å². The second-order valence-corrected chi connectivity index (χ2v) is 3.64. The van der Waals surface area contributed by atoms with Gasteiger partial charge in [-0.05, 0) is 6.07 Å². The maximum atomic E-state index is 12.3. The summed E-state index contributed by atoms with van der Waals surface area (Å²) < 4.78 is 65.7. The second kappa shape index (κ2) is 4.47. The number of nitrogens with one attached hydrogen (secondary N) is 1. The molecule has 0 spiro atoms. The smallest absolute Gasteiger partial charge is 0.431 e. The van der Waals surface area contributed by atoms with Gasteiger partial charge in [-0.15, -0.1) is 0 Å². The van der Waals surface area contributed by atoms with Crippen molar-refractivity contribution in [1.29, 1.82) is 0 Å². The molecule has 0 aliphatic rings. The molecule has 1 aromatic heterocycles. The number of aromatic nitrogens is 1. The van der Waals surface area contributed by atoms with Crippen molar-refractivity contribution in [1.82, 2.24) is 4.98 Å². The van der Waals surface area contributed by atoms with Crippen molar-refractivity contribution in [2.45, 2.75) is 18.7 Å². The van der Waals surface area contributed by atoms with E-state index in [1.54, 1.807) is 24.3 Å². The Hall–Kier alpha value is -1.79. The number of halogens is 5. The number of hydrogen-bond acceptors (Lipinski definition) is 1. The Bertz CT molecular complexity index is 500. The lowest BCUT2D eigenvalue weighted by Gasteiger charge is -2.19. The number of H-pyrrole nitrogens is 1. The van der Waals surface area contributed by atoms with Crippen molar-refractivity contribution in [3.05, 3.63) is 30.3 Å². The first-order valence-electron chi connectivity index (χ1n) is 4.97. The molecule has 1 N–H and O–H groups in total. The highest BCUT2D eigenvalue weighted by Crippen LogP contribution is 2.30. The van der Waals surface area contributed by atoms with Crippen LogP contribution in [0.1, 0.15) is 0 Å². The van der Waals surface area contributed by atoms with Gasteiger partial charge in [-0.25, -0.2) is 8.78 Å². The average Bonchev–Trinajstić information content (AvgIpc) is 2.66. The van der Waals surface area contributed by atoms with E-state index in [1.165, 1.54) is 6.07 Å². The number of rotatable bonds is 3. The summed E-state index contributed by atoms with van der Waals surface area (Å²) in [5, 5.41) is 0.586. The summed E-state index contributed by atoms with van der Waals surface area (Å²) >= 11 is 0. The van der Waals surface area contributed by atoms with Crippen LogP contribution in [-0.4, -0.2) is 23.7 Å². The molecule has 2 nitrogen and oxygen atoms in total. The van der Waals surface area contributed by atoms with Crippen molar-refractivity contribution in [3.63, 3.8) is 0 Å². The van der Waals surface area contributed by atoms with Crippen LogP contribution >= 0.6 is 0 Å². The third kappa shape index (κ3) is 2.55. The molecule has 0 aliphatic carbocycles. The van der Waals surface area contributed by atoms with Crippen LogP contribution in [0, 0.1) is 0 Å². The number of para-hydroxylation sites is 1. The first-order chi connectivity index (χ1) is 8.38. The number of fused-ring (bicyclic) bond motifs is 1. The lowest BCUT2D eigenvalue weighted by Crippen LogP contribution is -2.40. The van der Waals surface area contributed by atoms with Crippen LogP contribution in [-0.2, 0) is 0 Å². The number of benzene rings is 1. The Balaban J connectivity index is 2.26. The fourth-order valence-electron chi connectivity index (χ4n) is 1.51. The zero-order valence-corrected chi connectivity index (χ0v) is 8.84. The standard InChI is InChI=1S/C11H8F5NO/c12-10(13)9(11(14,15)16)18-8-5-6-3-1-2-4-7(6)17-8/h1-5,9-10,17H. The molecule has 2 aromatic rings. The molecule has 18 heavy (non-hydrogen) atoms. The van der Waals surface area contributed by atoms with E-state index in [4.69, 9.17) is 0 Å². The van der Waals surface area contributed by atoms with Gasteiger partial charge in [-0.3, -0.25) is 0 Å². The minimum Gasteiger partial charge on any atom is -0.460 e. The van der Waals surface area contributed by atoms with Crippen molar-refractivity contribution >= 4 is 10.9 Å². The minimum absolute atomic E-state index is 0.334. The summed E-state index contributed by atoms with van der Waals surface area (Å²) in [6, 6.07) is 7.82. The van der Waals surface area contributed by atoms with Gasteiger partial charge in [0.05, 0.1) is 0 Å². The summed E-state index contributed by atoms with van der Waals surface area (Å²) in [7, 11) is 0. The van der Waals surface area contributed by atoms with Crippen LogP contribution < -0.4 is 4.74 Å². The Morgan fingerprint density at radius 2 is 1.78 bits per heavy atom. The Kier molecular flexibility index (Phi) is 3.14. The SMILES string of the molecule is FC(F)C(Oc1cc2ccccc2[nH]1)C(F)(F)F. The van der Waals surface area contributed by atoms with E-state index in [2.05, 4.69) is 9.72 Å². The molecular formula is C11H8F5NO. The van der Waals surface area contributed by atoms with Crippen LogP contribution in [0.25, 0.3) is 10.9 Å². The van der Waals surface area contributed by atoms with E-state index in [1.807, 2.05) is 0 Å². The molecule has 1 unspecified atom stereocenters. The summed E-state index contributed by atoms with van der Waals surface area (Å²) in [6.45, 7) is 0. The Morgan fingerprint density at radius 1 is 1.11 bits per heavy atom. The van der Waals surface area contributed by atoms with Gasteiger partial charge in [-0.1, -0.05) is 18.2 Å². The first-order valence-corrected chi connectivity index (χ1v) is 4.97. The van der Waals surface area contributed by atoms with E-state index in [9.17, 15) is 22.0 Å². The second-order valence-electron chi connectivity index (χ2n) is 3.64. The molecule has 1 heterocycles. The lowest BCUT2D eigenvalue weighted by atomic mass is 10.2. The van der Waals surface area contributed by atoms with Crippen molar-refractivity contribution in [2.24, 2.45) is 0 Å². The van der Waals surface area contributed by atoms with Crippen molar-refractivity contribution < 1.29 is 26.7 Å². The van der Waals surface area contributed by atoms with Crippen molar-refractivity contribution in [2.75, 3.05) is 0 Å². The third-order valence-corrected chi connectivity index (χ3v) is 2.31. The van der Waals surface area contributed by atoms with E-state index in [-0.39, 0.29) is 5.88 Å². The summed E-state index contributed by atoms with van der Waals surface area (Å²) in [5.74, 6) is -0.334. The molecule has 0 saturated heterocycles. The van der Waals surface area contributed by atoms with Gasteiger partial charge in [-0.2, -0.15) is 13.2 Å². The van der Waals surface area contributed by atoms with Gasteiger partial charge in [0, 0.05) is 17.0 Å². The average molecular weight is 265 g/mol. The molecule has 0 aliphatic heterocycles. The summed E-state index contributed by atoms with van der Waals surface area (Å²) in [5.41, 5.74) is 0.516. The normalized spacial score (nSPS) is 14.1. The van der Waals surface area contributed by atoms with Crippen LogP contribution in [0.2, 0.25) is 0 Å². The molecule has 0 saturated carbocycles. The van der Waals surface area contributed by atoms with E-state index < -0.39 is 18.7 Å². The first kappa shape index (κ1) is 12.7. The molecule has 0 bridgehead atoms. The van der Waals surface area contributed by atoms with Gasteiger partial charge < -0.3 is 9.72 Å². The molecule has 98 valence electrons. The Labute approximate surface area is 98.4 Å². The van der Waals surface area contributed by atoms with Crippen LogP contribution in [0.3, 0.4) is 0 Å². The van der Waals surface area contributed by atoms with Crippen LogP contribution in [0.15, 0.2) is 30.3 Å². The molecule has 1 aromatic carbocycles. The van der Waals surface area contributed by atoms with Crippen LogP contribution in [0.4, 0.5) is 22.0 Å². The fraction of sp³-hybridized carbons (Fsp3) is 0.273. The highest BCUT2D eigenvalue weighted by Gasteiger charge is 2.48. The molecule has 0 fully saturated rings. The predicted octanol–water partition coefficient (Wildman–Crippen LogP) is 3.74. The highest BCUT2D eigenvalue weighted by molar-refractivity contribution is 5.81. The molecular weight excluding hydrogens is 257 g/mol. The number of alkyl halides is 5. The van der Waals surface area contributed by atoms with Gasteiger partial charge in [0.2, 0.25) is 0 Å². The van der Waals surface area contributed by atoms with Gasteiger partial charge in [0.1, 0.15) is 0 Å². The molecule has 2 rings (SSSR count). The van der Waals surface area contributed by atoms with E-state index in [0.29, 0.717) is 10.9 Å². The quantitative estimate of drug-likeness (QED) is 0.840. The van der Waals surface area contributed by atoms with Crippen LogP contribution in [0.5, 0.6) is 5.88 Å². The topological polar surface area (TPSA) is 25.0 Å². The third-order valence-electron chi connectivity index (χ3n) is 2.31. The molecule has 1 atom stereocenters. The predicted molar refractivity (Wildman–Crippen MR) is 54.8 cm³/mol. The van der Waals surface area contributed by atoms with E-state index >= 15 is 0 Å². The zero-order chi connectivity index (χ0) is 13.3. The van der Waals surface area contributed by atoms with Gasteiger partial charge in [0.25, 0.3) is 12.5 Å².